The van der Waals surface area contributed by atoms with Gasteiger partial charge in [-0.1, -0.05) is 6.92 Å². The molecule has 2 atom stereocenters. The number of hydrogen-bond donors (Lipinski definition) is 1. The van der Waals surface area contributed by atoms with Crippen molar-refractivity contribution in [1.82, 2.24) is 0 Å². The van der Waals surface area contributed by atoms with Crippen molar-refractivity contribution < 1.29 is 19.4 Å². The van der Waals surface area contributed by atoms with E-state index < -0.39 is 24.0 Å². The van der Waals surface area contributed by atoms with Crippen LogP contribution in [0.2, 0.25) is 0 Å². The van der Waals surface area contributed by atoms with E-state index in [4.69, 9.17) is 9.84 Å². The molecule has 0 aliphatic heterocycles. The molecule has 0 saturated heterocycles. The van der Waals surface area contributed by atoms with E-state index in [9.17, 15) is 9.59 Å². The van der Waals surface area contributed by atoms with Gasteiger partial charge in [-0.3, -0.25) is 9.59 Å². The number of esters is 1. The van der Waals surface area contributed by atoms with E-state index in [-0.39, 0.29) is 0 Å². The summed E-state index contributed by atoms with van der Waals surface area (Å²) in [6.07, 6.45) is -0.0888. The summed E-state index contributed by atoms with van der Waals surface area (Å²) < 4.78 is 4.74. The van der Waals surface area contributed by atoms with Crippen molar-refractivity contribution in [1.29, 1.82) is 0 Å². The summed E-state index contributed by atoms with van der Waals surface area (Å²) in [4.78, 5) is 21.0. The summed E-state index contributed by atoms with van der Waals surface area (Å²) in [5.74, 6) is -1.97. The molecule has 0 amide bonds. The van der Waals surface area contributed by atoms with Gasteiger partial charge >= 0.3 is 11.9 Å². The average molecular weight is 174 g/mol. The molecule has 0 aromatic heterocycles. The largest absolute Gasteiger partial charge is 0.481 e. The van der Waals surface area contributed by atoms with Crippen molar-refractivity contribution in [2.45, 2.75) is 33.3 Å². The fourth-order valence-electron chi connectivity index (χ4n) is 1.05. The number of carbonyl (C=O) groups excluding carboxylic acids is 1. The molecule has 0 aromatic rings. The molecule has 0 saturated carbocycles. The van der Waals surface area contributed by atoms with Crippen molar-refractivity contribution in [2.75, 3.05) is 0 Å². The maximum absolute atomic E-state index is 10.6. The Morgan fingerprint density at radius 3 is 2.25 bits per heavy atom. The van der Waals surface area contributed by atoms with Crippen molar-refractivity contribution in [3.05, 3.63) is 0 Å². The first-order valence-corrected chi connectivity index (χ1v) is 3.89. The molecule has 70 valence electrons. The second-order valence-corrected chi connectivity index (χ2v) is 2.67. The molecule has 0 bridgehead atoms. The fraction of sp³-hybridized carbons (Fsp3) is 0.750. The van der Waals surface area contributed by atoms with Crippen molar-refractivity contribution in [3.63, 3.8) is 0 Å². The van der Waals surface area contributed by atoms with E-state index in [1.807, 2.05) is 0 Å². The molecule has 1 N–H and O–H groups in total. The van der Waals surface area contributed by atoms with E-state index in [0.29, 0.717) is 6.42 Å². The van der Waals surface area contributed by atoms with Gasteiger partial charge in [0, 0.05) is 6.92 Å². The highest BCUT2D eigenvalue weighted by atomic mass is 16.5. The lowest BCUT2D eigenvalue weighted by atomic mass is 10.0. The highest BCUT2D eigenvalue weighted by Gasteiger charge is 2.24. The van der Waals surface area contributed by atoms with Gasteiger partial charge in [0.05, 0.1) is 5.92 Å². The van der Waals surface area contributed by atoms with Gasteiger partial charge in [-0.05, 0) is 13.3 Å². The first-order chi connectivity index (χ1) is 5.49. The smallest absolute Gasteiger partial charge is 0.310 e. The van der Waals surface area contributed by atoms with Gasteiger partial charge in [-0.2, -0.15) is 0 Å². The van der Waals surface area contributed by atoms with E-state index in [0.717, 1.165) is 0 Å². The van der Waals surface area contributed by atoms with Crippen LogP contribution in [-0.4, -0.2) is 23.1 Å². The Hall–Kier alpha value is -1.06. The second kappa shape index (κ2) is 4.74. The van der Waals surface area contributed by atoms with Crippen LogP contribution in [0.5, 0.6) is 0 Å². The third-order valence-electron chi connectivity index (χ3n) is 1.68. The molecule has 0 aromatic carbocycles. The molecular formula is C8H14O4. The van der Waals surface area contributed by atoms with Crippen LogP contribution in [0, 0.1) is 5.92 Å². The number of ether oxygens (including phenoxy) is 1. The lowest BCUT2D eigenvalue weighted by Gasteiger charge is -2.17. The number of aliphatic carboxylic acids is 1. The van der Waals surface area contributed by atoms with Gasteiger partial charge in [0.1, 0.15) is 6.10 Å². The van der Waals surface area contributed by atoms with Gasteiger partial charge in [0.25, 0.3) is 0 Å². The summed E-state index contributed by atoms with van der Waals surface area (Å²) in [5, 5.41) is 8.67. The topological polar surface area (TPSA) is 63.6 Å². The van der Waals surface area contributed by atoms with Crippen LogP contribution in [0.15, 0.2) is 0 Å². The number of carboxylic acid groups (broad SMARTS) is 1. The molecule has 0 fully saturated rings. The molecule has 0 radical (unpaired) electrons. The summed E-state index contributed by atoms with van der Waals surface area (Å²) in [7, 11) is 0. The highest BCUT2D eigenvalue weighted by molar-refractivity contribution is 5.72. The summed E-state index contributed by atoms with van der Waals surface area (Å²) in [6, 6.07) is 0. The van der Waals surface area contributed by atoms with Crippen LogP contribution in [0.3, 0.4) is 0 Å². The predicted molar refractivity (Wildman–Crippen MR) is 42.6 cm³/mol. The molecule has 0 heterocycles. The minimum atomic E-state index is -0.925. The van der Waals surface area contributed by atoms with Gasteiger partial charge in [0.2, 0.25) is 0 Å². The highest BCUT2D eigenvalue weighted by Crippen LogP contribution is 2.12. The zero-order valence-electron chi connectivity index (χ0n) is 7.53. The Labute approximate surface area is 71.5 Å². The van der Waals surface area contributed by atoms with Gasteiger partial charge in [-0.15, -0.1) is 0 Å². The van der Waals surface area contributed by atoms with E-state index in [2.05, 4.69) is 0 Å². The molecule has 0 rings (SSSR count). The number of carbonyl (C=O) groups is 2. The van der Waals surface area contributed by atoms with Crippen LogP contribution >= 0.6 is 0 Å². The minimum Gasteiger partial charge on any atom is -0.481 e. The number of carboxylic acids is 1. The number of hydrogen-bond acceptors (Lipinski definition) is 3. The Balaban J connectivity index is 4.11. The van der Waals surface area contributed by atoms with Crippen molar-refractivity contribution in [3.8, 4) is 0 Å². The molecular weight excluding hydrogens is 160 g/mol. The first kappa shape index (κ1) is 10.9. The maximum Gasteiger partial charge on any atom is 0.310 e. The summed E-state index contributed by atoms with van der Waals surface area (Å²) in [6.45, 7) is 4.60. The summed E-state index contributed by atoms with van der Waals surface area (Å²) >= 11 is 0. The standard InChI is InChI=1S/C8H14O4/c1-4-7(8(10)11)5(2)12-6(3)9/h5,7H,4H2,1-3H3,(H,10,11). The number of rotatable bonds is 4. The van der Waals surface area contributed by atoms with E-state index in [1.54, 1.807) is 13.8 Å². The van der Waals surface area contributed by atoms with Crippen LogP contribution in [0.25, 0.3) is 0 Å². The van der Waals surface area contributed by atoms with E-state index in [1.165, 1.54) is 6.92 Å². The normalized spacial score (nSPS) is 14.9. The molecule has 2 unspecified atom stereocenters. The molecule has 4 nitrogen and oxygen atoms in total. The van der Waals surface area contributed by atoms with Gasteiger partial charge in [0.15, 0.2) is 0 Å². The Morgan fingerprint density at radius 1 is 1.50 bits per heavy atom. The fourth-order valence-corrected chi connectivity index (χ4v) is 1.05. The Bertz CT molecular complexity index is 176. The summed E-state index contributed by atoms with van der Waals surface area (Å²) in [5.41, 5.74) is 0. The molecule has 0 aliphatic rings. The zero-order chi connectivity index (χ0) is 9.72. The lowest BCUT2D eigenvalue weighted by molar-refractivity contribution is -0.155. The Morgan fingerprint density at radius 2 is 2.00 bits per heavy atom. The van der Waals surface area contributed by atoms with Crippen LogP contribution < -0.4 is 0 Å². The molecule has 4 heteroatoms. The maximum atomic E-state index is 10.6. The van der Waals surface area contributed by atoms with Crippen molar-refractivity contribution in [2.24, 2.45) is 5.92 Å². The minimum absolute atomic E-state index is 0.442. The monoisotopic (exact) mass is 174 g/mol. The third-order valence-corrected chi connectivity index (χ3v) is 1.68. The average Bonchev–Trinajstić information content (AvgIpc) is 1.85. The SMILES string of the molecule is CCC(C(=O)O)C(C)OC(C)=O. The van der Waals surface area contributed by atoms with Crippen LogP contribution in [-0.2, 0) is 14.3 Å². The molecule has 0 spiro atoms. The predicted octanol–water partition coefficient (Wildman–Crippen LogP) is 1.05. The second-order valence-electron chi connectivity index (χ2n) is 2.67. The Kier molecular flexibility index (Phi) is 4.33. The van der Waals surface area contributed by atoms with E-state index >= 15 is 0 Å². The molecule has 0 aliphatic carbocycles. The van der Waals surface area contributed by atoms with Crippen LogP contribution in [0.4, 0.5) is 0 Å². The third kappa shape index (κ3) is 3.37. The lowest BCUT2D eigenvalue weighted by Crippen LogP contribution is -2.28. The zero-order valence-corrected chi connectivity index (χ0v) is 7.53. The van der Waals surface area contributed by atoms with Crippen molar-refractivity contribution >= 4 is 11.9 Å². The first-order valence-electron chi connectivity index (χ1n) is 3.89. The van der Waals surface area contributed by atoms with Crippen LogP contribution in [0.1, 0.15) is 27.2 Å². The molecule has 12 heavy (non-hydrogen) atoms. The quantitative estimate of drug-likeness (QED) is 0.647. The van der Waals surface area contributed by atoms with Gasteiger partial charge < -0.3 is 9.84 Å². The van der Waals surface area contributed by atoms with Gasteiger partial charge in [-0.25, -0.2) is 0 Å².